The van der Waals surface area contributed by atoms with Crippen molar-refractivity contribution in [3.63, 3.8) is 0 Å². The number of nitrogen functional groups attached to an aromatic ring is 1. The number of nitrogens with one attached hydrogen (secondary N) is 1. The van der Waals surface area contributed by atoms with Crippen molar-refractivity contribution in [2.75, 3.05) is 5.73 Å². The average molecular weight is 354 g/mol. The molecular weight excluding hydrogens is 339 g/mol. The zero-order chi connectivity index (χ0) is 17.6. The number of rotatable bonds is 5. The molecule has 2 aromatic carbocycles. The second kappa shape index (κ2) is 7.67. The van der Waals surface area contributed by atoms with Crippen LogP contribution in [-0.2, 0) is 11.2 Å². The molecule has 3 N–H and O–H groups in total. The Bertz CT molecular complexity index is 891. The molecule has 126 valence electrons. The SMILES string of the molecule is Nc1nc(-c2ccccc2)c(CC(=O)NN=Cc2ccc(F)cc2)s1. The van der Waals surface area contributed by atoms with E-state index < -0.39 is 0 Å². The standard InChI is InChI=1S/C18H15FN4OS/c19-14-8-6-12(7-9-14)11-21-23-16(24)10-15-17(22-18(20)25-15)13-4-2-1-3-5-13/h1-9,11H,10H2,(H2,20,22)(H,23,24). The summed E-state index contributed by atoms with van der Waals surface area (Å²) in [6.45, 7) is 0. The van der Waals surface area contributed by atoms with Gasteiger partial charge in [0.2, 0.25) is 5.91 Å². The summed E-state index contributed by atoms with van der Waals surface area (Å²) < 4.78 is 12.8. The van der Waals surface area contributed by atoms with Crippen molar-refractivity contribution in [2.45, 2.75) is 6.42 Å². The quantitative estimate of drug-likeness (QED) is 0.545. The zero-order valence-corrected chi connectivity index (χ0v) is 14.0. The first-order valence-electron chi connectivity index (χ1n) is 7.50. The van der Waals surface area contributed by atoms with Gasteiger partial charge in [0.1, 0.15) is 5.82 Å². The number of hydrogen-bond donors (Lipinski definition) is 2. The van der Waals surface area contributed by atoms with Crippen LogP contribution in [0.5, 0.6) is 0 Å². The van der Waals surface area contributed by atoms with E-state index in [2.05, 4.69) is 15.5 Å². The number of anilines is 1. The van der Waals surface area contributed by atoms with E-state index in [4.69, 9.17) is 5.73 Å². The largest absolute Gasteiger partial charge is 0.375 e. The van der Waals surface area contributed by atoms with E-state index in [0.717, 1.165) is 10.4 Å². The number of amides is 1. The van der Waals surface area contributed by atoms with Gasteiger partial charge in [0.25, 0.3) is 0 Å². The first-order valence-corrected chi connectivity index (χ1v) is 8.31. The van der Waals surface area contributed by atoms with Gasteiger partial charge in [-0.05, 0) is 17.7 Å². The summed E-state index contributed by atoms with van der Waals surface area (Å²) in [6, 6.07) is 15.4. The number of carbonyl (C=O) groups excluding carboxylic acids is 1. The van der Waals surface area contributed by atoms with Crippen molar-refractivity contribution in [3.05, 3.63) is 70.9 Å². The molecule has 0 atom stereocenters. The number of halogens is 1. The van der Waals surface area contributed by atoms with Gasteiger partial charge < -0.3 is 5.73 Å². The summed E-state index contributed by atoms with van der Waals surface area (Å²) in [4.78, 5) is 17.2. The van der Waals surface area contributed by atoms with Gasteiger partial charge in [0, 0.05) is 10.4 Å². The van der Waals surface area contributed by atoms with Crippen LogP contribution in [0.25, 0.3) is 11.3 Å². The summed E-state index contributed by atoms with van der Waals surface area (Å²) in [7, 11) is 0. The second-order valence-corrected chi connectivity index (χ2v) is 6.33. The topological polar surface area (TPSA) is 80.4 Å². The maximum absolute atomic E-state index is 12.8. The maximum atomic E-state index is 12.8. The van der Waals surface area contributed by atoms with Gasteiger partial charge in [0.05, 0.1) is 18.3 Å². The smallest absolute Gasteiger partial charge is 0.245 e. The molecule has 3 rings (SSSR count). The molecule has 0 saturated heterocycles. The molecule has 0 aliphatic carbocycles. The number of hydrogen-bond acceptors (Lipinski definition) is 5. The van der Waals surface area contributed by atoms with Crippen LogP contribution in [-0.4, -0.2) is 17.1 Å². The predicted molar refractivity (Wildman–Crippen MR) is 97.8 cm³/mol. The van der Waals surface area contributed by atoms with Gasteiger partial charge in [-0.15, -0.1) is 11.3 Å². The van der Waals surface area contributed by atoms with Crippen LogP contribution in [0.2, 0.25) is 0 Å². The van der Waals surface area contributed by atoms with Crippen molar-refractivity contribution >= 4 is 28.6 Å². The monoisotopic (exact) mass is 354 g/mol. The summed E-state index contributed by atoms with van der Waals surface area (Å²) in [5, 5.41) is 4.30. The highest BCUT2D eigenvalue weighted by Gasteiger charge is 2.14. The molecule has 0 radical (unpaired) electrons. The molecular formula is C18H15FN4OS. The Labute approximate surface area is 148 Å². The Morgan fingerprint density at radius 3 is 2.64 bits per heavy atom. The van der Waals surface area contributed by atoms with Gasteiger partial charge in [-0.25, -0.2) is 14.8 Å². The molecule has 0 fully saturated rings. The lowest BCUT2D eigenvalue weighted by Crippen LogP contribution is -2.19. The van der Waals surface area contributed by atoms with Crippen molar-refractivity contribution in [3.8, 4) is 11.3 Å². The van der Waals surface area contributed by atoms with Crippen LogP contribution in [0.4, 0.5) is 9.52 Å². The number of nitrogens with zero attached hydrogens (tertiary/aromatic N) is 2. The van der Waals surface area contributed by atoms with Gasteiger partial charge in [-0.2, -0.15) is 5.10 Å². The Balaban J connectivity index is 1.66. The minimum absolute atomic E-state index is 0.125. The summed E-state index contributed by atoms with van der Waals surface area (Å²) >= 11 is 1.28. The fourth-order valence-corrected chi connectivity index (χ4v) is 3.08. The van der Waals surface area contributed by atoms with Crippen LogP contribution < -0.4 is 11.2 Å². The number of benzene rings is 2. The van der Waals surface area contributed by atoms with Gasteiger partial charge in [-0.3, -0.25) is 4.79 Å². The number of hydrazone groups is 1. The summed E-state index contributed by atoms with van der Waals surface area (Å²) in [6.07, 6.45) is 1.58. The zero-order valence-electron chi connectivity index (χ0n) is 13.1. The van der Waals surface area contributed by atoms with E-state index >= 15 is 0 Å². The lowest BCUT2D eigenvalue weighted by atomic mass is 10.1. The third-order valence-corrected chi connectivity index (χ3v) is 4.24. The Kier molecular flexibility index (Phi) is 5.15. The minimum atomic E-state index is -0.322. The fourth-order valence-electron chi connectivity index (χ4n) is 2.22. The molecule has 1 amide bonds. The molecule has 0 bridgehead atoms. The highest BCUT2D eigenvalue weighted by Crippen LogP contribution is 2.29. The van der Waals surface area contributed by atoms with Crippen molar-refractivity contribution in [2.24, 2.45) is 5.10 Å². The summed E-state index contributed by atoms with van der Waals surface area (Å²) in [5.74, 6) is -0.600. The maximum Gasteiger partial charge on any atom is 0.245 e. The molecule has 3 aromatic rings. The van der Waals surface area contributed by atoms with Crippen LogP contribution in [0.15, 0.2) is 59.7 Å². The van der Waals surface area contributed by atoms with Gasteiger partial charge in [0.15, 0.2) is 5.13 Å². The number of aromatic nitrogens is 1. The average Bonchev–Trinajstić information content (AvgIpc) is 2.97. The molecule has 1 aromatic heterocycles. The van der Waals surface area contributed by atoms with Crippen LogP contribution in [0.3, 0.4) is 0 Å². The van der Waals surface area contributed by atoms with Crippen molar-refractivity contribution < 1.29 is 9.18 Å². The molecule has 0 aliphatic heterocycles. The van der Waals surface area contributed by atoms with E-state index in [0.29, 0.717) is 16.4 Å². The molecule has 5 nitrogen and oxygen atoms in total. The van der Waals surface area contributed by atoms with Crippen molar-refractivity contribution in [1.29, 1.82) is 0 Å². The summed E-state index contributed by atoms with van der Waals surface area (Å²) in [5.41, 5.74) is 10.6. The van der Waals surface area contributed by atoms with Crippen LogP contribution in [0, 0.1) is 5.82 Å². The van der Waals surface area contributed by atoms with E-state index in [9.17, 15) is 9.18 Å². The van der Waals surface area contributed by atoms with E-state index in [1.54, 1.807) is 12.1 Å². The Morgan fingerprint density at radius 2 is 1.92 bits per heavy atom. The Hall–Kier alpha value is -3.06. The highest BCUT2D eigenvalue weighted by atomic mass is 32.1. The number of carbonyl (C=O) groups is 1. The lowest BCUT2D eigenvalue weighted by Gasteiger charge is -2.02. The molecule has 0 aliphatic rings. The normalized spacial score (nSPS) is 10.9. The third-order valence-electron chi connectivity index (χ3n) is 3.36. The second-order valence-electron chi connectivity index (χ2n) is 5.21. The third kappa shape index (κ3) is 4.48. The number of thiazole rings is 1. The lowest BCUT2D eigenvalue weighted by molar-refractivity contribution is -0.120. The van der Waals surface area contributed by atoms with Crippen LogP contribution >= 0.6 is 11.3 Å². The number of nitrogens with two attached hydrogens (primary N) is 1. The first-order chi connectivity index (χ1) is 12.1. The molecule has 25 heavy (non-hydrogen) atoms. The molecule has 0 unspecified atom stereocenters. The van der Waals surface area contributed by atoms with E-state index in [1.165, 1.54) is 29.7 Å². The van der Waals surface area contributed by atoms with Gasteiger partial charge >= 0.3 is 0 Å². The predicted octanol–water partition coefficient (Wildman–Crippen LogP) is 3.22. The van der Waals surface area contributed by atoms with E-state index in [1.807, 2.05) is 30.3 Å². The Morgan fingerprint density at radius 1 is 1.20 bits per heavy atom. The van der Waals surface area contributed by atoms with E-state index in [-0.39, 0.29) is 18.1 Å². The molecule has 7 heteroatoms. The minimum Gasteiger partial charge on any atom is -0.375 e. The molecule has 0 saturated carbocycles. The molecule has 1 heterocycles. The first kappa shape index (κ1) is 16.8. The molecule has 0 spiro atoms. The van der Waals surface area contributed by atoms with Crippen molar-refractivity contribution in [1.82, 2.24) is 10.4 Å². The fraction of sp³-hybridized carbons (Fsp3) is 0.0556. The van der Waals surface area contributed by atoms with Gasteiger partial charge in [-0.1, -0.05) is 42.5 Å². The highest BCUT2D eigenvalue weighted by molar-refractivity contribution is 7.15. The van der Waals surface area contributed by atoms with Crippen LogP contribution in [0.1, 0.15) is 10.4 Å².